The summed E-state index contributed by atoms with van der Waals surface area (Å²) in [5.41, 5.74) is -0.442. The fourth-order valence-corrected chi connectivity index (χ4v) is 1.74. The number of hydrogen-bond acceptors (Lipinski definition) is 2. The molecule has 0 saturated heterocycles. The molecule has 2 aromatic rings. The Balaban J connectivity index is 2.34. The maximum atomic E-state index is 12.8. The number of allylic oxidation sites excluding steroid dienone is 1. The van der Waals surface area contributed by atoms with Crippen LogP contribution in [0.1, 0.15) is 5.56 Å². The van der Waals surface area contributed by atoms with E-state index in [-0.39, 0.29) is 12.4 Å². The average Bonchev–Trinajstić information content (AvgIpc) is 2.41. The predicted molar refractivity (Wildman–Crippen MR) is 70.7 cm³/mol. The number of nitrogens with zero attached hydrogens (tertiary/aromatic N) is 2. The molecule has 98 valence electrons. The van der Waals surface area contributed by atoms with Crippen molar-refractivity contribution in [1.82, 2.24) is 9.13 Å². The second kappa shape index (κ2) is 5.48. The van der Waals surface area contributed by atoms with Gasteiger partial charge in [0.1, 0.15) is 5.82 Å². The fraction of sp³-hybridized carbons (Fsp3) is 0.143. The number of benzene rings is 1. The predicted octanol–water partition coefficient (Wildman–Crippen LogP) is 1.38. The van der Waals surface area contributed by atoms with Gasteiger partial charge in [0.2, 0.25) is 0 Å². The van der Waals surface area contributed by atoms with Crippen molar-refractivity contribution in [3.8, 4) is 0 Å². The summed E-state index contributed by atoms with van der Waals surface area (Å²) in [5.74, 6) is -0.336. The zero-order chi connectivity index (χ0) is 13.8. The van der Waals surface area contributed by atoms with Gasteiger partial charge in [0.25, 0.3) is 0 Å². The number of halogens is 1. The summed E-state index contributed by atoms with van der Waals surface area (Å²) in [6.45, 7) is 4.06. The molecule has 19 heavy (non-hydrogen) atoms. The summed E-state index contributed by atoms with van der Waals surface area (Å²) in [4.78, 5) is 23.6. The Morgan fingerprint density at radius 1 is 1.05 bits per heavy atom. The molecular formula is C14H13FN2O2. The molecule has 5 heteroatoms. The molecule has 1 aromatic carbocycles. The van der Waals surface area contributed by atoms with Gasteiger partial charge < -0.3 is 9.13 Å². The van der Waals surface area contributed by atoms with Crippen molar-refractivity contribution in [2.24, 2.45) is 0 Å². The highest BCUT2D eigenvalue weighted by Gasteiger charge is 2.04. The molecule has 4 nitrogen and oxygen atoms in total. The topological polar surface area (TPSA) is 44.0 Å². The number of hydrogen-bond donors (Lipinski definition) is 0. The molecule has 0 aliphatic heterocycles. The Morgan fingerprint density at radius 2 is 1.63 bits per heavy atom. The van der Waals surface area contributed by atoms with E-state index in [1.54, 1.807) is 18.2 Å². The van der Waals surface area contributed by atoms with Crippen LogP contribution in [0.3, 0.4) is 0 Å². The van der Waals surface area contributed by atoms with Crippen molar-refractivity contribution in [1.29, 1.82) is 0 Å². The third-order valence-corrected chi connectivity index (χ3v) is 2.72. The van der Waals surface area contributed by atoms with E-state index >= 15 is 0 Å². The van der Waals surface area contributed by atoms with Crippen molar-refractivity contribution in [2.75, 3.05) is 0 Å². The molecule has 1 heterocycles. The summed E-state index contributed by atoms with van der Waals surface area (Å²) in [7, 11) is 0. The second-order valence-electron chi connectivity index (χ2n) is 4.10. The summed E-state index contributed by atoms with van der Waals surface area (Å²) in [5, 5.41) is 0. The third kappa shape index (κ3) is 2.88. The van der Waals surface area contributed by atoms with Gasteiger partial charge in [0.05, 0.1) is 6.54 Å². The van der Waals surface area contributed by atoms with Crippen molar-refractivity contribution in [3.63, 3.8) is 0 Å². The minimum atomic E-state index is -0.603. The molecule has 0 fully saturated rings. The van der Waals surface area contributed by atoms with E-state index < -0.39 is 11.1 Å². The largest absolute Gasteiger partial charge is 0.316 e. The highest BCUT2D eigenvalue weighted by molar-refractivity contribution is 5.16. The summed E-state index contributed by atoms with van der Waals surface area (Å²) in [6, 6.07) is 5.80. The molecule has 0 saturated carbocycles. The first kappa shape index (κ1) is 13.0. The van der Waals surface area contributed by atoms with E-state index in [9.17, 15) is 14.0 Å². The minimum absolute atomic E-state index is 0.239. The average molecular weight is 260 g/mol. The van der Waals surface area contributed by atoms with Crippen LogP contribution in [0.4, 0.5) is 4.39 Å². The summed E-state index contributed by atoms with van der Waals surface area (Å²) >= 11 is 0. The van der Waals surface area contributed by atoms with Crippen LogP contribution in [0.25, 0.3) is 0 Å². The van der Waals surface area contributed by atoms with Crippen LogP contribution in [-0.4, -0.2) is 9.13 Å². The monoisotopic (exact) mass is 260 g/mol. The van der Waals surface area contributed by atoms with Crippen molar-refractivity contribution < 1.29 is 4.39 Å². The van der Waals surface area contributed by atoms with Crippen LogP contribution < -0.4 is 11.1 Å². The van der Waals surface area contributed by atoms with Crippen LogP contribution in [0.2, 0.25) is 0 Å². The lowest BCUT2D eigenvalue weighted by Gasteiger charge is -2.07. The quantitative estimate of drug-likeness (QED) is 0.616. The molecule has 0 amide bonds. The maximum absolute atomic E-state index is 12.8. The first-order valence-corrected chi connectivity index (χ1v) is 5.77. The van der Waals surface area contributed by atoms with Crippen LogP contribution in [0.5, 0.6) is 0 Å². The smallest absolute Gasteiger partial charge is 0.306 e. The molecule has 0 spiro atoms. The Labute approximate surface area is 109 Å². The maximum Gasteiger partial charge on any atom is 0.316 e. The molecule has 0 aliphatic rings. The van der Waals surface area contributed by atoms with E-state index in [0.29, 0.717) is 6.54 Å². The third-order valence-electron chi connectivity index (χ3n) is 2.72. The van der Waals surface area contributed by atoms with Crippen LogP contribution in [0.15, 0.2) is 58.9 Å². The van der Waals surface area contributed by atoms with Crippen LogP contribution >= 0.6 is 0 Å². The molecular weight excluding hydrogens is 247 g/mol. The Bertz CT molecular complexity index is 699. The van der Waals surface area contributed by atoms with E-state index in [2.05, 4.69) is 6.58 Å². The summed E-state index contributed by atoms with van der Waals surface area (Å²) in [6.07, 6.45) is 4.62. The lowest BCUT2D eigenvalue weighted by atomic mass is 10.2. The zero-order valence-electron chi connectivity index (χ0n) is 10.3. The van der Waals surface area contributed by atoms with Crippen molar-refractivity contribution in [3.05, 3.63) is 81.4 Å². The molecule has 1 aromatic heterocycles. The first-order valence-electron chi connectivity index (χ1n) is 5.77. The minimum Gasteiger partial charge on any atom is -0.306 e. The Kier molecular flexibility index (Phi) is 3.75. The number of rotatable bonds is 4. The van der Waals surface area contributed by atoms with E-state index in [1.165, 1.54) is 33.7 Å². The molecule has 0 N–H and O–H groups in total. The van der Waals surface area contributed by atoms with Gasteiger partial charge in [-0.25, -0.2) is 4.39 Å². The molecule has 0 unspecified atom stereocenters. The van der Waals surface area contributed by atoms with Gasteiger partial charge in [0, 0.05) is 18.9 Å². The standard InChI is InChI=1S/C14H13FN2O2/c1-2-7-16-8-9-17(14(19)13(16)18)10-11-3-5-12(15)6-4-11/h2-6,8-9H,1,7,10H2. The SMILES string of the molecule is C=CCn1ccn(Cc2ccc(F)cc2)c(=O)c1=O. The molecule has 0 aliphatic carbocycles. The van der Waals surface area contributed by atoms with Gasteiger partial charge >= 0.3 is 11.1 Å². The lowest BCUT2D eigenvalue weighted by molar-refractivity contribution is 0.625. The normalized spacial score (nSPS) is 10.4. The Hall–Kier alpha value is -2.43. The molecule has 0 radical (unpaired) electrons. The number of aromatic nitrogens is 2. The molecule has 2 rings (SSSR count). The van der Waals surface area contributed by atoms with E-state index in [0.717, 1.165) is 5.56 Å². The van der Waals surface area contributed by atoms with Gasteiger partial charge in [-0.15, -0.1) is 6.58 Å². The summed E-state index contributed by atoms with van der Waals surface area (Å²) < 4.78 is 15.4. The van der Waals surface area contributed by atoms with E-state index in [4.69, 9.17) is 0 Å². The van der Waals surface area contributed by atoms with Crippen LogP contribution in [-0.2, 0) is 13.1 Å². The van der Waals surface area contributed by atoms with Crippen LogP contribution in [0, 0.1) is 5.82 Å². The first-order chi connectivity index (χ1) is 9.11. The van der Waals surface area contributed by atoms with Gasteiger partial charge in [0.15, 0.2) is 0 Å². The highest BCUT2D eigenvalue weighted by Crippen LogP contribution is 2.03. The van der Waals surface area contributed by atoms with Crippen molar-refractivity contribution >= 4 is 0 Å². The molecule has 0 atom stereocenters. The second-order valence-corrected chi connectivity index (χ2v) is 4.10. The van der Waals surface area contributed by atoms with Gasteiger partial charge in [-0.05, 0) is 17.7 Å². The fourth-order valence-electron chi connectivity index (χ4n) is 1.74. The zero-order valence-corrected chi connectivity index (χ0v) is 10.3. The van der Waals surface area contributed by atoms with Crippen molar-refractivity contribution in [2.45, 2.75) is 13.1 Å². The van der Waals surface area contributed by atoms with Gasteiger partial charge in [-0.1, -0.05) is 18.2 Å². The highest BCUT2D eigenvalue weighted by atomic mass is 19.1. The Morgan fingerprint density at radius 3 is 2.26 bits per heavy atom. The van der Waals surface area contributed by atoms with E-state index in [1.807, 2.05) is 0 Å². The van der Waals surface area contributed by atoms with Gasteiger partial charge in [-0.2, -0.15) is 0 Å². The van der Waals surface area contributed by atoms with Gasteiger partial charge in [-0.3, -0.25) is 9.59 Å². The molecule has 0 bridgehead atoms. The lowest BCUT2D eigenvalue weighted by Crippen LogP contribution is -2.40.